The zero-order valence-electron chi connectivity index (χ0n) is 11.8. The summed E-state index contributed by atoms with van der Waals surface area (Å²) >= 11 is 6.09. The van der Waals surface area contributed by atoms with E-state index in [-0.39, 0.29) is 12.6 Å². The van der Waals surface area contributed by atoms with Crippen LogP contribution in [0.1, 0.15) is 15.9 Å². The van der Waals surface area contributed by atoms with Gasteiger partial charge in [-0.25, -0.2) is 0 Å². The highest BCUT2D eigenvalue weighted by atomic mass is 35.5. The maximum atomic E-state index is 12.7. The van der Waals surface area contributed by atoms with Gasteiger partial charge in [0.15, 0.2) is 6.79 Å². The lowest BCUT2D eigenvalue weighted by molar-refractivity contribution is 0.0501. The number of hydrogen-bond donors (Lipinski definition) is 0. The lowest BCUT2D eigenvalue weighted by Gasteiger charge is -2.14. The largest absolute Gasteiger partial charge is 0.496 e. The van der Waals surface area contributed by atoms with Gasteiger partial charge in [-0.3, -0.25) is 4.79 Å². The molecule has 0 saturated heterocycles. The molecule has 0 radical (unpaired) electrons. The lowest BCUT2D eigenvalue weighted by Crippen LogP contribution is -2.09. The fourth-order valence-electron chi connectivity index (χ4n) is 1.93. The summed E-state index contributed by atoms with van der Waals surface area (Å²) in [5.41, 5.74) is 0.719. The van der Waals surface area contributed by atoms with E-state index in [9.17, 15) is 4.79 Å². The number of ketones is 1. The van der Waals surface area contributed by atoms with Crippen LogP contribution in [0.25, 0.3) is 0 Å². The molecular weight excluding hydrogens is 292 g/mol. The number of halogens is 1. The number of methoxy groups -OCH3 is 2. The van der Waals surface area contributed by atoms with E-state index >= 15 is 0 Å². The molecule has 0 saturated carbocycles. The van der Waals surface area contributed by atoms with E-state index in [1.165, 1.54) is 14.2 Å². The smallest absolute Gasteiger partial charge is 0.202 e. The van der Waals surface area contributed by atoms with E-state index in [1.807, 2.05) is 0 Å². The number of carbonyl (C=O) groups is 1. The molecule has 0 unspecified atom stereocenters. The molecule has 0 amide bonds. The van der Waals surface area contributed by atoms with Crippen molar-refractivity contribution < 1.29 is 19.0 Å². The van der Waals surface area contributed by atoms with Crippen LogP contribution in [0.3, 0.4) is 0 Å². The third-order valence-electron chi connectivity index (χ3n) is 2.89. The summed E-state index contributed by atoms with van der Waals surface area (Å²) in [5.74, 6) is 0.554. The Morgan fingerprint density at radius 3 is 2.43 bits per heavy atom. The minimum atomic E-state index is -0.260. The lowest BCUT2D eigenvalue weighted by atomic mass is 10.0. The normalized spacial score (nSPS) is 10.2. The van der Waals surface area contributed by atoms with Gasteiger partial charge in [-0.05, 0) is 24.3 Å². The summed E-state index contributed by atoms with van der Waals surface area (Å²) in [4.78, 5) is 12.7. The maximum absolute atomic E-state index is 12.7. The molecule has 5 heteroatoms. The first-order valence-corrected chi connectivity index (χ1v) is 6.64. The van der Waals surface area contributed by atoms with Crippen LogP contribution in [-0.2, 0) is 4.74 Å². The predicted octanol–water partition coefficient (Wildman–Crippen LogP) is 3.56. The summed E-state index contributed by atoms with van der Waals surface area (Å²) in [5, 5.41) is 0.381. The standard InChI is InChI=1S/C16H15ClO4/c1-19-10-21-14-9-5-8-13(20-2)15(14)16(18)11-6-3-4-7-12(11)17/h3-9H,10H2,1-2H3. The first kappa shape index (κ1) is 15.4. The summed E-state index contributed by atoms with van der Waals surface area (Å²) in [6, 6.07) is 12.0. The highest BCUT2D eigenvalue weighted by molar-refractivity contribution is 6.35. The fraction of sp³-hybridized carbons (Fsp3) is 0.188. The average Bonchev–Trinajstić information content (AvgIpc) is 2.52. The molecule has 0 aromatic heterocycles. The third-order valence-corrected chi connectivity index (χ3v) is 3.22. The van der Waals surface area contributed by atoms with Crippen molar-refractivity contribution in [2.75, 3.05) is 21.0 Å². The third kappa shape index (κ3) is 3.35. The van der Waals surface area contributed by atoms with E-state index in [1.54, 1.807) is 42.5 Å². The van der Waals surface area contributed by atoms with Crippen molar-refractivity contribution >= 4 is 17.4 Å². The van der Waals surface area contributed by atoms with Crippen molar-refractivity contribution in [3.63, 3.8) is 0 Å². The Morgan fingerprint density at radius 2 is 1.76 bits per heavy atom. The van der Waals surface area contributed by atoms with E-state index in [0.29, 0.717) is 27.6 Å². The van der Waals surface area contributed by atoms with Crippen molar-refractivity contribution in [2.45, 2.75) is 0 Å². The van der Waals surface area contributed by atoms with Crippen LogP contribution in [0.2, 0.25) is 5.02 Å². The van der Waals surface area contributed by atoms with E-state index < -0.39 is 0 Å². The van der Waals surface area contributed by atoms with E-state index in [4.69, 9.17) is 25.8 Å². The van der Waals surface area contributed by atoms with Gasteiger partial charge in [0.2, 0.25) is 5.78 Å². The van der Waals surface area contributed by atoms with Crippen LogP contribution in [0, 0.1) is 0 Å². The average molecular weight is 307 g/mol. The van der Waals surface area contributed by atoms with Gasteiger partial charge in [0, 0.05) is 12.7 Å². The van der Waals surface area contributed by atoms with Crippen LogP contribution in [0.5, 0.6) is 11.5 Å². The van der Waals surface area contributed by atoms with Gasteiger partial charge in [0.25, 0.3) is 0 Å². The Morgan fingerprint density at radius 1 is 1.05 bits per heavy atom. The fourth-order valence-corrected chi connectivity index (χ4v) is 2.15. The monoisotopic (exact) mass is 306 g/mol. The zero-order valence-corrected chi connectivity index (χ0v) is 12.5. The van der Waals surface area contributed by atoms with Crippen molar-refractivity contribution in [3.8, 4) is 11.5 Å². The van der Waals surface area contributed by atoms with Crippen molar-refractivity contribution in [2.24, 2.45) is 0 Å². The van der Waals surface area contributed by atoms with Crippen LogP contribution in [-0.4, -0.2) is 26.8 Å². The maximum Gasteiger partial charge on any atom is 0.202 e. The Labute approximate surface area is 128 Å². The highest BCUT2D eigenvalue weighted by Crippen LogP contribution is 2.32. The van der Waals surface area contributed by atoms with Crippen molar-refractivity contribution in [1.29, 1.82) is 0 Å². The highest BCUT2D eigenvalue weighted by Gasteiger charge is 2.21. The van der Waals surface area contributed by atoms with E-state index in [0.717, 1.165) is 0 Å². The molecule has 4 nitrogen and oxygen atoms in total. The number of hydrogen-bond acceptors (Lipinski definition) is 4. The van der Waals surface area contributed by atoms with Gasteiger partial charge >= 0.3 is 0 Å². The molecule has 2 aromatic carbocycles. The zero-order chi connectivity index (χ0) is 15.2. The number of ether oxygens (including phenoxy) is 3. The molecule has 0 aliphatic rings. The number of rotatable bonds is 6. The Hall–Kier alpha value is -2.04. The van der Waals surface area contributed by atoms with Gasteiger partial charge in [-0.15, -0.1) is 0 Å². The van der Waals surface area contributed by atoms with Crippen LogP contribution < -0.4 is 9.47 Å². The topological polar surface area (TPSA) is 44.8 Å². The predicted molar refractivity (Wildman–Crippen MR) is 80.4 cm³/mol. The molecule has 0 aliphatic heterocycles. The molecule has 0 bridgehead atoms. The Kier molecular flexibility index (Phi) is 5.20. The van der Waals surface area contributed by atoms with Crippen LogP contribution >= 0.6 is 11.6 Å². The van der Waals surface area contributed by atoms with Crippen LogP contribution in [0.15, 0.2) is 42.5 Å². The van der Waals surface area contributed by atoms with Gasteiger partial charge < -0.3 is 14.2 Å². The summed E-state index contributed by atoms with van der Waals surface area (Å²) in [6.45, 7) is 0.0377. The second kappa shape index (κ2) is 7.11. The molecule has 110 valence electrons. The summed E-state index contributed by atoms with van der Waals surface area (Å²) in [7, 11) is 3.01. The first-order valence-electron chi connectivity index (χ1n) is 6.27. The van der Waals surface area contributed by atoms with Crippen molar-refractivity contribution in [1.82, 2.24) is 0 Å². The van der Waals surface area contributed by atoms with Gasteiger partial charge in [0.05, 0.1) is 12.1 Å². The minimum Gasteiger partial charge on any atom is -0.496 e. The quantitative estimate of drug-likeness (QED) is 0.604. The summed E-state index contributed by atoms with van der Waals surface area (Å²) in [6.07, 6.45) is 0. The molecule has 0 spiro atoms. The van der Waals surface area contributed by atoms with Gasteiger partial charge in [0.1, 0.15) is 17.1 Å². The molecular formula is C16H15ClO4. The summed E-state index contributed by atoms with van der Waals surface area (Å²) < 4.78 is 15.6. The molecule has 0 fully saturated rings. The van der Waals surface area contributed by atoms with Crippen molar-refractivity contribution in [3.05, 3.63) is 58.6 Å². The second-order valence-corrected chi connectivity index (χ2v) is 4.60. The molecule has 0 N–H and O–H groups in total. The Bertz CT molecular complexity index is 640. The van der Waals surface area contributed by atoms with Gasteiger partial charge in [-0.2, -0.15) is 0 Å². The molecule has 0 atom stereocenters. The second-order valence-electron chi connectivity index (χ2n) is 4.19. The molecule has 0 heterocycles. The number of carbonyl (C=O) groups excluding carboxylic acids is 1. The van der Waals surface area contributed by atoms with Gasteiger partial charge in [-0.1, -0.05) is 29.8 Å². The Balaban J connectivity index is 2.50. The molecule has 2 rings (SSSR count). The van der Waals surface area contributed by atoms with Crippen LogP contribution in [0.4, 0.5) is 0 Å². The first-order chi connectivity index (χ1) is 10.2. The molecule has 0 aliphatic carbocycles. The SMILES string of the molecule is COCOc1cccc(OC)c1C(=O)c1ccccc1Cl. The molecule has 2 aromatic rings. The van der Waals surface area contributed by atoms with E-state index in [2.05, 4.69) is 0 Å². The molecule has 21 heavy (non-hydrogen) atoms. The number of benzene rings is 2. The minimum absolute atomic E-state index is 0.0377.